The van der Waals surface area contributed by atoms with Gasteiger partial charge in [-0.15, -0.1) is 11.8 Å². The number of rotatable bonds is 4. The topological polar surface area (TPSA) is 37.3 Å². The summed E-state index contributed by atoms with van der Waals surface area (Å²) in [5, 5.41) is 9.25. The predicted octanol–water partition coefficient (Wildman–Crippen LogP) is 4.31. The van der Waals surface area contributed by atoms with Crippen molar-refractivity contribution in [2.75, 3.05) is 6.26 Å². The molecule has 21 heavy (non-hydrogen) atoms. The number of hydrogen-bond acceptors (Lipinski definition) is 2. The number of thioether (sulfide) groups is 1. The summed E-state index contributed by atoms with van der Waals surface area (Å²) in [7, 11) is 0. The average molecular weight is 306 g/mol. The molecule has 0 atom stereocenters. The molecule has 0 saturated heterocycles. The molecule has 0 radical (unpaired) electrons. The third-order valence-electron chi connectivity index (χ3n) is 2.88. The SMILES string of the molecule is CSc1ccc(/C=C(\C(=O)O)c2ccc(F)cc2F)cc1. The lowest BCUT2D eigenvalue weighted by atomic mass is 10.0. The first-order valence-corrected chi connectivity index (χ1v) is 7.28. The first-order valence-electron chi connectivity index (χ1n) is 6.05. The lowest BCUT2D eigenvalue weighted by molar-refractivity contribution is -0.130. The van der Waals surface area contributed by atoms with Gasteiger partial charge in [-0.3, -0.25) is 0 Å². The fraction of sp³-hybridized carbons (Fsp3) is 0.0625. The minimum Gasteiger partial charge on any atom is -0.478 e. The first-order chi connectivity index (χ1) is 10.0. The fourth-order valence-corrected chi connectivity index (χ4v) is 2.24. The second-order valence-electron chi connectivity index (χ2n) is 4.26. The van der Waals surface area contributed by atoms with Crippen LogP contribution >= 0.6 is 11.8 Å². The van der Waals surface area contributed by atoms with E-state index in [2.05, 4.69) is 0 Å². The van der Waals surface area contributed by atoms with E-state index >= 15 is 0 Å². The minimum absolute atomic E-state index is 0.141. The average Bonchev–Trinajstić information content (AvgIpc) is 2.46. The van der Waals surface area contributed by atoms with Gasteiger partial charge in [0, 0.05) is 16.5 Å². The van der Waals surface area contributed by atoms with E-state index in [1.807, 2.05) is 18.4 Å². The van der Waals surface area contributed by atoms with Crippen molar-refractivity contribution in [3.8, 4) is 0 Å². The van der Waals surface area contributed by atoms with Crippen molar-refractivity contribution >= 4 is 29.4 Å². The molecule has 0 amide bonds. The molecule has 2 nitrogen and oxygen atoms in total. The van der Waals surface area contributed by atoms with Crippen molar-refractivity contribution in [3.05, 3.63) is 65.2 Å². The van der Waals surface area contributed by atoms with Gasteiger partial charge in [-0.25, -0.2) is 13.6 Å². The van der Waals surface area contributed by atoms with Crippen LogP contribution in [-0.2, 0) is 4.79 Å². The van der Waals surface area contributed by atoms with E-state index in [0.717, 1.165) is 17.0 Å². The van der Waals surface area contributed by atoms with Gasteiger partial charge in [0.25, 0.3) is 0 Å². The Kier molecular flexibility index (Phi) is 4.75. The van der Waals surface area contributed by atoms with Gasteiger partial charge in [0.05, 0.1) is 5.57 Å². The number of aliphatic carboxylic acids is 1. The Balaban J connectivity index is 2.46. The Bertz CT molecular complexity index is 694. The van der Waals surface area contributed by atoms with Gasteiger partial charge >= 0.3 is 5.97 Å². The predicted molar refractivity (Wildman–Crippen MR) is 80.1 cm³/mol. The summed E-state index contributed by atoms with van der Waals surface area (Å²) >= 11 is 1.56. The number of benzene rings is 2. The van der Waals surface area contributed by atoms with Crippen molar-refractivity contribution in [2.24, 2.45) is 0 Å². The molecule has 0 saturated carbocycles. The van der Waals surface area contributed by atoms with E-state index < -0.39 is 17.6 Å². The maximum absolute atomic E-state index is 13.7. The van der Waals surface area contributed by atoms with Crippen molar-refractivity contribution in [1.29, 1.82) is 0 Å². The maximum atomic E-state index is 13.7. The van der Waals surface area contributed by atoms with Crippen molar-refractivity contribution in [1.82, 2.24) is 0 Å². The van der Waals surface area contributed by atoms with E-state index in [1.165, 1.54) is 6.08 Å². The third kappa shape index (κ3) is 3.70. The molecular formula is C16H12F2O2S. The van der Waals surface area contributed by atoms with Crippen LogP contribution in [0, 0.1) is 11.6 Å². The Morgan fingerprint density at radius 1 is 1.14 bits per heavy atom. The number of carbonyl (C=O) groups is 1. The smallest absolute Gasteiger partial charge is 0.336 e. The monoisotopic (exact) mass is 306 g/mol. The largest absolute Gasteiger partial charge is 0.478 e. The molecular weight excluding hydrogens is 294 g/mol. The molecule has 0 aliphatic carbocycles. The van der Waals surface area contributed by atoms with E-state index in [4.69, 9.17) is 0 Å². The summed E-state index contributed by atoms with van der Waals surface area (Å²) in [5.74, 6) is -2.91. The Labute approximate surface area is 125 Å². The van der Waals surface area contributed by atoms with Crippen LogP contribution in [0.25, 0.3) is 11.6 Å². The molecule has 5 heteroatoms. The van der Waals surface area contributed by atoms with Crippen LogP contribution in [0.4, 0.5) is 8.78 Å². The molecule has 0 aromatic heterocycles. The molecule has 2 aromatic carbocycles. The molecule has 2 rings (SSSR count). The molecule has 1 N–H and O–H groups in total. The van der Waals surface area contributed by atoms with Crippen LogP contribution in [-0.4, -0.2) is 17.3 Å². The molecule has 0 heterocycles. The summed E-state index contributed by atoms with van der Waals surface area (Å²) in [5.41, 5.74) is 0.274. The zero-order valence-corrected chi connectivity index (χ0v) is 12.0. The number of carboxylic acid groups (broad SMARTS) is 1. The maximum Gasteiger partial charge on any atom is 0.336 e. The summed E-state index contributed by atoms with van der Waals surface area (Å²) in [6.07, 6.45) is 3.30. The fourth-order valence-electron chi connectivity index (χ4n) is 1.83. The second-order valence-corrected chi connectivity index (χ2v) is 5.14. The summed E-state index contributed by atoms with van der Waals surface area (Å²) in [6.45, 7) is 0. The molecule has 2 aromatic rings. The molecule has 0 spiro atoms. The normalized spacial score (nSPS) is 11.5. The summed E-state index contributed by atoms with van der Waals surface area (Å²) in [6, 6.07) is 10.0. The van der Waals surface area contributed by atoms with Crippen LogP contribution in [0.1, 0.15) is 11.1 Å². The highest BCUT2D eigenvalue weighted by Crippen LogP contribution is 2.23. The first kappa shape index (κ1) is 15.3. The zero-order valence-electron chi connectivity index (χ0n) is 11.1. The number of carboxylic acids is 1. The molecule has 0 fully saturated rings. The molecule has 0 bridgehead atoms. The molecule has 0 aliphatic heterocycles. The highest BCUT2D eigenvalue weighted by Gasteiger charge is 2.15. The highest BCUT2D eigenvalue weighted by molar-refractivity contribution is 7.98. The van der Waals surface area contributed by atoms with Gasteiger partial charge in [-0.2, -0.15) is 0 Å². The lowest BCUT2D eigenvalue weighted by Crippen LogP contribution is -2.02. The zero-order chi connectivity index (χ0) is 15.4. The third-order valence-corrected chi connectivity index (χ3v) is 3.62. The molecule has 0 unspecified atom stereocenters. The number of hydrogen-bond donors (Lipinski definition) is 1. The lowest BCUT2D eigenvalue weighted by Gasteiger charge is -2.05. The quantitative estimate of drug-likeness (QED) is 0.519. The van der Waals surface area contributed by atoms with Crippen LogP contribution < -0.4 is 0 Å². The van der Waals surface area contributed by atoms with Crippen molar-refractivity contribution in [3.63, 3.8) is 0 Å². The molecule has 0 aliphatic rings. The summed E-state index contributed by atoms with van der Waals surface area (Å²) < 4.78 is 26.6. The minimum atomic E-state index is -1.27. The van der Waals surface area contributed by atoms with Crippen LogP contribution in [0.3, 0.4) is 0 Å². The Hall–Kier alpha value is -2.14. The Morgan fingerprint density at radius 3 is 2.33 bits per heavy atom. The van der Waals surface area contributed by atoms with E-state index in [0.29, 0.717) is 11.6 Å². The number of halogens is 2. The van der Waals surface area contributed by atoms with Gasteiger partial charge in [-0.05, 0) is 42.2 Å². The van der Waals surface area contributed by atoms with Gasteiger partial charge < -0.3 is 5.11 Å². The standard InChI is InChI=1S/C16H12F2O2S/c1-21-12-5-2-10(3-6-12)8-14(16(19)20)13-7-4-11(17)9-15(13)18/h2-9H,1H3,(H,19,20)/b14-8-. The van der Waals surface area contributed by atoms with Crippen LogP contribution in [0.15, 0.2) is 47.4 Å². The van der Waals surface area contributed by atoms with Gasteiger partial charge in [-0.1, -0.05) is 12.1 Å². The molecule has 108 valence electrons. The summed E-state index contributed by atoms with van der Waals surface area (Å²) in [4.78, 5) is 12.4. The van der Waals surface area contributed by atoms with Crippen molar-refractivity contribution in [2.45, 2.75) is 4.90 Å². The van der Waals surface area contributed by atoms with Crippen LogP contribution in [0.2, 0.25) is 0 Å². The highest BCUT2D eigenvalue weighted by atomic mass is 32.2. The van der Waals surface area contributed by atoms with E-state index in [1.54, 1.807) is 23.9 Å². The van der Waals surface area contributed by atoms with Crippen molar-refractivity contribution < 1.29 is 18.7 Å². The second kappa shape index (κ2) is 6.54. The van der Waals surface area contributed by atoms with E-state index in [-0.39, 0.29) is 11.1 Å². The Morgan fingerprint density at radius 2 is 1.81 bits per heavy atom. The van der Waals surface area contributed by atoms with Crippen LogP contribution in [0.5, 0.6) is 0 Å². The van der Waals surface area contributed by atoms with Gasteiger partial charge in [0.2, 0.25) is 0 Å². The van der Waals surface area contributed by atoms with Gasteiger partial charge in [0.15, 0.2) is 0 Å². The van der Waals surface area contributed by atoms with Gasteiger partial charge in [0.1, 0.15) is 11.6 Å². The van der Waals surface area contributed by atoms with E-state index in [9.17, 15) is 18.7 Å².